The summed E-state index contributed by atoms with van der Waals surface area (Å²) in [6.07, 6.45) is -1.44. The molecule has 0 aliphatic rings. The number of carbonyl (C=O) groups excluding carboxylic acids is 3. The van der Waals surface area contributed by atoms with E-state index in [0.29, 0.717) is 0 Å². The number of ketones is 1. The first-order valence-electron chi connectivity index (χ1n) is 7.85. The van der Waals surface area contributed by atoms with Crippen molar-refractivity contribution in [3.63, 3.8) is 0 Å². The lowest BCUT2D eigenvalue weighted by molar-refractivity contribution is -0.121. The predicted octanol–water partition coefficient (Wildman–Crippen LogP) is -2.12. The van der Waals surface area contributed by atoms with Gasteiger partial charge < -0.3 is 36.4 Å². The van der Waals surface area contributed by atoms with Crippen molar-refractivity contribution in [2.45, 2.75) is 44.5 Å². The van der Waals surface area contributed by atoms with Gasteiger partial charge in [-0.1, -0.05) is 5.16 Å². The zero-order valence-electron chi connectivity index (χ0n) is 14.7. The maximum atomic E-state index is 12.1. The number of rotatable bonds is 10. The van der Waals surface area contributed by atoms with Crippen LogP contribution in [-0.2, 0) is 9.59 Å². The lowest BCUT2D eigenvalue weighted by atomic mass is 10.1. The Morgan fingerprint density at radius 3 is 2.38 bits per heavy atom. The lowest BCUT2D eigenvalue weighted by Crippen LogP contribution is -2.51. The molecule has 26 heavy (non-hydrogen) atoms. The quantitative estimate of drug-likeness (QED) is 0.266. The number of nitrogens with one attached hydrogen (secondary N) is 3. The van der Waals surface area contributed by atoms with Gasteiger partial charge in [-0.3, -0.25) is 9.59 Å². The SMILES string of the molecule is CN[C@@H](CO)c1noc([C@H](CC(N)=O)NC(=O)N[C@H](C(C)=O)C(C)O)n1. The lowest BCUT2D eigenvalue weighted by Gasteiger charge is -2.20. The molecule has 0 radical (unpaired) electrons. The van der Waals surface area contributed by atoms with Gasteiger partial charge >= 0.3 is 6.03 Å². The Balaban J connectivity index is 2.92. The number of amides is 3. The third kappa shape index (κ3) is 6.06. The van der Waals surface area contributed by atoms with Gasteiger partial charge in [0.2, 0.25) is 11.8 Å². The van der Waals surface area contributed by atoms with Crippen LogP contribution in [-0.4, -0.2) is 63.9 Å². The number of carbonyl (C=O) groups is 3. The number of aliphatic hydroxyl groups excluding tert-OH is 2. The molecular formula is C14H24N6O6. The number of aromatic nitrogens is 2. The molecule has 0 spiro atoms. The zero-order chi connectivity index (χ0) is 19.9. The topological polar surface area (TPSA) is 193 Å². The van der Waals surface area contributed by atoms with Crippen molar-refractivity contribution in [3.8, 4) is 0 Å². The summed E-state index contributed by atoms with van der Waals surface area (Å²) in [5, 5.41) is 29.9. The minimum Gasteiger partial charge on any atom is -0.394 e. The van der Waals surface area contributed by atoms with Crippen LogP contribution in [0.25, 0.3) is 0 Å². The molecule has 7 N–H and O–H groups in total. The molecule has 1 heterocycles. The van der Waals surface area contributed by atoms with Gasteiger partial charge in [0.25, 0.3) is 0 Å². The van der Waals surface area contributed by atoms with Crippen molar-refractivity contribution >= 4 is 17.7 Å². The van der Waals surface area contributed by atoms with Crippen molar-refractivity contribution in [2.24, 2.45) is 5.73 Å². The molecule has 1 rings (SSSR count). The highest BCUT2D eigenvalue weighted by Crippen LogP contribution is 2.17. The van der Waals surface area contributed by atoms with Crippen molar-refractivity contribution in [3.05, 3.63) is 11.7 Å². The molecule has 0 saturated heterocycles. The number of nitrogens with zero attached hydrogens (tertiary/aromatic N) is 2. The number of aliphatic hydroxyl groups is 2. The van der Waals surface area contributed by atoms with Crippen LogP contribution in [0.3, 0.4) is 0 Å². The largest absolute Gasteiger partial charge is 0.394 e. The summed E-state index contributed by atoms with van der Waals surface area (Å²) in [5.41, 5.74) is 5.18. The van der Waals surface area contributed by atoms with Crippen LogP contribution >= 0.6 is 0 Å². The van der Waals surface area contributed by atoms with Gasteiger partial charge in [0.05, 0.1) is 25.2 Å². The maximum Gasteiger partial charge on any atom is 0.316 e. The molecule has 3 amide bonds. The number of primary amides is 1. The van der Waals surface area contributed by atoms with E-state index in [-0.39, 0.29) is 24.7 Å². The van der Waals surface area contributed by atoms with Crippen molar-refractivity contribution in [1.82, 2.24) is 26.1 Å². The second-order valence-electron chi connectivity index (χ2n) is 5.68. The fourth-order valence-corrected chi connectivity index (χ4v) is 2.14. The Hall–Kier alpha value is -2.57. The smallest absolute Gasteiger partial charge is 0.316 e. The van der Waals surface area contributed by atoms with Gasteiger partial charge in [-0.05, 0) is 20.9 Å². The summed E-state index contributed by atoms with van der Waals surface area (Å²) >= 11 is 0. The Morgan fingerprint density at radius 2 is 1.92 bits per heavy atom. The van der Waals surface area contributed by atoms with Gasteiger partial charge in [-0.25, -0.2) is 4.79 Å². The first kappa shape index (κ1) is 21.5. The normalized spacial score (nSPS) is 15.6. The summed E-state index contributed by atoms with van der Waals surface area (Å²) in [7, 11) is 1.58. The minimum atomic E-state index is -1.12. The maximum absolute atomic E-state index is 12.1. The fourth-order valence-electron chi connectivity index (χ4n) is 2.14. The number of likely N-dealkylation sites (N-methyl/N-ethyl adjacent to an activating group) is 1. The molecule has 1 aromatic rings. The first-order chi connectivity index (χ1) is 12.2. The van der Waals surface area contributed by atoms with E-state index in [4.69, 9.17) is 10.3 Å². The number of Topliss-reactive ketones (excluding diaryl/α,β-unsaturated/α-hetero) is 1. The van der Waals surface area contributed by atoms with E-state index in [0.717, 1.165) is 0 Å². The van der Waals surface area contributed by atoms with Gasteiger partial charge in [0.1, 0.15) is 12.1 Å². The van der Waals surface area contributed by atoms with Crippen LogP contribution in [0.4, 0.5) is 4.79 Å². The molecule has 0 fully saturated rings. The third-order valence-electron chi connectivity index (χ3n) is 3.52. The van der Waals surface area contributed by atoms with Gasteiger partial charge in [-0.15, -0.1) is 0 Å². The number of hydrogen-bond acceptors (Lipinski definition) is 9. The van der Waals surface area contributed by atoms with E-state index < -0.39 is 42.0 Å². The highest BCUT2D eigenvalue weighted by molar-refractivity contribution is 5.87. The molecule has 1 unspecified atom stereocenters. The van der Waals surface area contributed by atoms with E-state index in [1.165, 1.54) is 13.8 Å². The third-order valence-corrected chi connectivity index (χ3v) is 3.52. The standard InChI is InChI=1S/C14H24N6O6/c1-6(22)11(7(2)23)18-14(25)17-8(4-10(15)24)13-19-12(20-26-13)9(5-21)16-3/h6,8-9,11,16,21-22H,4-5H2,1-3H3,(H2,15,24)(H2,17,18,25)/t6?,8-,9-,11-/m0/s1. The number of nitrogens with two attached hydrogens (primary N) is 1. The Labute approximate surface area is 149 Å². The summed E-state index contributed by atoms with van der Waals surface area (Å²) in [5.74, 6) is -1.14. The van der Waals surface area contributed by atoms with Crippen molar-refractivity contribution in [1.29, 1.82) is 0 Å². The molecule has 0 aromatic carbocycles. The van der Waals surface area contributed by atoms with Gasteiger partial charge in [0, 0.05) is 0 Å². The second kappa shape index (κ2) is 9.79. The van der Waals surface area contributed by atoms with Gasteiger partial charge in [0.15, 0.2) is 11.6 Å². The summed E-state index contributed by atoms with van der Waals surface area (Å²) < 4.78 is 5.03. The van der Waals surface area contributed by atoms with E-state index in [2.05, 4.69) is 26.1 Å². The van der Waals surface area contributed by atoms with Gasteiger partial charge in [-0.2, -0.15) is 4.98 Å². The highest BCUT2D eigenvalue weighted by Gasteiger charge is 2.28. The summed E-state index contributed by atoms with van der Waals surface area (Å²) in [4.78, 5) is 38.9. The first-order valence-corrected chi connectivity index (χ1v) is 7.85. The second-order valence-corrected chi connectivity index (χ2v) is 5.68. The van der Waals surface area contributed by atoms with Crippen LogP contribution in [0, 0.1) is 0 Å². The molecule has 1 aromatic heterocycles. The van der Waals surface area contributed by atoms with Crippen molar-refractivity contribution < 1.29 is 29.1 Å². The molecule has 0 bridgehead atoms. The van der Waals surface area contributed by atoms with Crippen LogP contribution < -0.4 is 21.7 Å². The fraction of sp³-hybridized carbons (Fsp3) is 0.643. The van der Waals surface area contributed by atoms with Crippen LogP contribution in [0.15, 0.2) is 4.52 Å². The average Bonchev–Trinajstić information content (AvgIpc) is 3.02. The van der Waals surface area contributed by atoms with Crippen LogP contribution in [0.2, 0.25) is 0 Å². The molecule has 0 aliphatic heterocycles. The molecule has 4 atom stereocenters. The molecule has 0 saturated carbocycles. The molecule has 12 nitrogen and oxygen atoms in total. The summed E-state index contributed by atoms with van der Waals surface area (Å²) in [6.45, 7) is 2.28. The Bertz CT molecular complexity index is 629. The molecule has 146 valence electrons. The molecule has 0 aliphatic carbocycles. The van der Waals surface area contributed by atoms with Crippen LogP contribution in [0.1, 0.15) is 44.1 Å². The molecular weight excluding hydrogens is 348 g/mol. The minimum absolute atomic E-state index is 0.0981. The zero-order valence-corrected chi connectivity index (χ0v) is 14.7. The Morgan fingerprint density at radius 1 is 1.27 bits per heavy atom. The van der Waals surface area contributed by atoms with E-state index in [1.54, 1.807) is 7.05 Å². The highest BCUT2D eigenvalue weighted by atomic mass is 16.5. The van der Waals surface area contributed by atoms with Crippen LogP contribution in [0.5, 0.6) is 0 Å². The predicted molar refractivity (Wildman–Crippen MR) is 87.6 cm³/mol. The molecule has 12 heteroatoms. The van der Waals surface area contributed by atoms with E-state index in [9.17, 15) is 24.6 Å². The van der Waals surface area contributed by atoms with E-state index in [1.807, 2.05) is 0 Å². The number of hydrogen-bond donors (Lipinski definition) is 6. The average molecular weight is 372 g/mol. The summed E-state index contributed by atoms with van der Waals surface area (Å²) in [6, 6.07) is -3.59. The number of urea groups is 1. The van der Waals surface area contributed by atoms with Crippen molar-refractivity contribution in [2.75, 3.05) is 13.7 Å². The van der Waals surface area contributed by atoms with E-state index >= 15 is 0 Å². The Kier molecular flexibility index (Phi) is 8.09. The monoisotopic (exact) mass is 372 g/mol.